The van der Waals surface area contributed by atoms with Crippen LogP contribution in [0.2, 0.25) is 5.02 Å². The highest BCUT2D eigenvalue weighted by molar-refractivity contribution is 6.33. The van der Waals surface area contributed by atoms with Gasteiger partial charge in [0.2, 0.25) is 0 Å². The molecule has 0 aliphatic rings. The van der Waals surface area contributed by atoms with E-state index < -0.39 is 0 Å². The number of ether oxygens (including phenoxy) is 1. The van der Waals surface area contributed by atoms with Crippen molar-refractivity contribution in [2.45, 2.75) is 6.92 Å². The standard InChI is InChI=1S/C15H17ClN2O/c1-11-4-2-5-12(10-11)19-9-8-18-14-7-3-6-13(16)15(14)17/h2-7,10,18H,8-9,17H2,1H3. The molecule has 3 N–H and O–H groups in total. The van der Waals surface area contributed by atoms with Crippen molar-refractivity contribution in [2.24, 2.45) is 0 Å². The number of nitrogens with two attached hydrogens (primary N) is 1. The maximum absolute atomic E-state index is 5.94. The van der Waals surface area contributed by atoms with E-state index >= 15 is 0 Å². The summed E-state index contributed by atoms with van der Waals surface area (Å²) in [5, 5.41) is 3.76. The first-order valence-electron chi connectivity index (χ1n) is 6.14. The van der Waals surface area contributed by atoms with Crippen LogP contribution in [-0.2, 0) is 0 Å². The van der Waals surface area contributed by atoms with Gasteiger partial charge in [0.05, 0.1) is 16.4 Å². The second kappa shape index (κ2) is 6.34. The quantitative estimate of drug-likeness (QED) is 0.646. The summed E-state index contributed by atoms with van der Waals surface area (Å²) in [6.45, 7) is 3.27. The van der Waals surface area contributed by atoms with Gasteiger partial charge in [0.25, 0.3) is 0 Å². The second-order valence-corrected chi connectivity index (χ2v) is 4.70. The Labute approximate surface area is 118 Å². The largest absolute Gasteiger partial charge is 0.492 e. The Hall–Kier alpha value is -1.87. The van der Waals surface area contributed by atoms with Crippen molar-refractivity contribution in [1.82, 2.24) is 0 Å². The van der Waals surface area contributed by atoms with Crippen molar-refractivity contribution < 1.29 is 4.74 Å². The molecule has 0 saturated heterocycles. The van der Waals surface area contributed by atoms with E-state index in [-0.39, 0.29) is 0 Å². The van der Waals surface area contributed by atoms with E-state index in [0.717, 1.165) is 11.4 Å². The zero-order valence-electron chi connectivity index (χ0n) is 10.8. The summed E-state index contributed by atoms with van der Waals surface area (Å²) >= 11 is 5.94. The average Bonchev–Trinajstić information content (AvgIpc) is 2.39. The van der Waals surface area contributed by atoms with E-state index in [1.165, 1.54) is 5.56 Å². The number of hydrogen-bond donors (Lipinski definition) is 2. The molecule has 4 heteroatoms. The van der Waals surface area contributed by atoms with Crippen LogP contribution in [0.1, 0.15) is 5.56 Å². The highest BCUT2D eigenvalue weighted by atomic mass is 35.5. The number of hydrogen-bond acceptors (Lipinski definition) is 3. The van der Waals surface area contributed by atoms with Crippen LogP contribution in [0.5, 0.6) is 5.75 Å². The monoisotopic (exact) mass is 276 g/mol. The van der Waals surface area contributed by atoms with Gasteiger partial charge in [-0.2, -0.15) is 0 Å². The number of nitrogens with one attached hydrogen (secondary N) is 1. The summed E-state index contributed by atoms with van der Waals surface area (Å²) in [6.07, 6.45) is 0. The Bertz CT molecular complexity index is 558. The summed E-state index contributed by atoms with van der Waals surface area (Å²) in [4.78, 5) is 0. The highest BCUT2D eigenvalue weighted by Gasteiger charge is 2.01. The van der Waals surface area contributed by atoms with Crippen molar-refractivity contribution in [2.75, 3.05) is 24.2 Å². The Balaban J connectivity index is 1.82. The number of halogens is 1. The fourth-order valence-electron chi connectivity index (χ4n) is 1.75. The average molecular weight is 277 g/mol. The third kappa shape index (κ3) is 3.80. The number of anilines is 2. The lowest BCUT2D eigenvalue weighted by molar-refractivity contribution is 0.332. The number of aryl methyl sites for hydroxylation is 1. The molecule has 0 unspecified atom stereocenters. The second-order valence-electron chi connectivity index (χ2n) is 4.29. The smallest absolute Gasteiger partial charge is 0.119 e. The van der Waals surface area contributed by atoms with Crippen LogP contribution in [0.4, 0.5) is 11.4 Å². The van der Waals surface area contributed by atoms with Gasteiger partial charge in [-0.3, -0.25) is 0 Å². The third-order valence-corrected chi connectivity index (χ3v) is 3.06. The van der Waals surface area contributed by atoms with Crippen molar-refractivity contribution in [1.29, 1.82) is 0 Å². The molecule has 0 amide bonds. The fraction of sp³-hybridized carbons (Fsp3) is 0.200. The minimum Gasteiger partial charge on any atom is -0.492 e. The van der Waals surface area contributed by atoms with Crippen LogP contribution in [-0.4, -0.2) is 13.2 Å². The van der Waals surface area contributed by atoms with Gasteiger partial charge in [-0.05, 0) is 36.8 Å². The summed E-state index contributed by atoms with van der Waals surface area (Å²) in [5.41, 5.74) is 8.45. The number of nitrogen functional groups attached to an aromatic ring is 1. The normalized spacial score (nSPS) is 10.2. The molecule has 100 valence electrons. The highest BCUT2D eigenvalue weighted by Crippen LogP contribution is 2.26. The minimum absolute atomic E-state index is 0.560. The zero-order valence-corrected chi connectivity index (χ0v) is 11.6. The molecule has 0 radical (unpaired) electrons. The molecule has 0 aliphatic carbocycles. The predicted octanol–water partition coefficient (Wildman–Crippen LogP) is 3.72. The first-order chi connectivity index (χ1) is 9.16. The van der Waals surface area contributed by atoms with Gasteiger partial charge in [-0.15, -0.1) is 0 Å². The topological polar surface area (TPSA) is 47.3 Å². The van der Waals surface area contributed by atoms with Crippen molar-refractivity contribution in [3.8, 4) is 5.75 Å². The molecule has 0 bridgehead atoms. The number of benzene rings is 2. The van der Waals surface area contributed by atoms with Gasteiger partial charge in [0.15, 0.2) is 0 Å². The molecule has 0 atom stereocenters. The predicted molar refractivity (Wildman–Crippen MR) is 81.0 cm³/mol. The number of para-hydroxylation sites is 1. The lowest BCUT2D eigenvalue weighted by atomic mass is 10.2. The van der Waals surface area contributed by atoms with Crippen molar-refractivity contribution in [3.63, 3.8) is 0 Å². The summed E-state index contributed by atoms with van der Waals surface area (Å²) in [6, 6.07) is 13.5. The molecular weight excluding hydrogens is 260 g/mol. The first kappa shape index (κ1) is 13.6. The zero-order chi connectivity index (χ0) is 13.7. The molecule has 0 heterocycles. The van der Waals surface area contributed by atoms with Gasteiger partial charge < -0.3 is 15.8 Å². The molecule has 0 aromatic heterocycles. The van der Waals surface area contributed by atoms with Crippen LogP contribution in [0.15, 0.2) is 42.5 Å². The lowest BCUT2D eigenvalue weighted by Crippen LogP contribution is -2.12. The molecular formula is C15H17ClN2O. The van der Waals surface area contributed by atoms with Crippen LogP contribution < -0.4 is 15.8 Å². The SMILES string of the molecule is Cc1cccc(OCCNc2cccc(Cl)c2N)c1. The summed E-state index contributed by atoms with van der Waals surface area (Å²) in [7, 11) is 0. The molecule has 19 heavy (non-hydrogen) atoms. The first-order valence-corrected chi connectivity index (χ1v) is 6.52. The van der Waals surface area contributed by atoms with E-state index in [9.17, 15) is 0 Å². The lowest BCUT2D eigenvalue weighted by Gasteiger charge is -2.11. The van der Waals surface area contributed by atoms with Gasteiger partial charge >= 0.3 is 0 Å². The van der Waals surface area contributed by atoms with Crippen LogP contribution in [0.3, 0.4) is 0 Å². The molecule has 2 aromatic carbocycles. The van der Waals surface area contributed by atoms with Crippen LogP contribution >= 0.6 is 11.6 Å². The summed E-state index contributed by atoms with van der Waals surface area (Å²) in [5.74, 6) is 0.876. The molecule has 0 fully saturated rings. The number of rotatable bonds is 5. The molecule has 0 spiro atoms. The van der Waals surface area contributed by atoms with Gasteiger partial charge in [-0.25, -0.2) is 0 Å². The Morgan fingerprint density at radius 2 is 2.00 bits per heavy atom. The molecule has 0 aliphatic heterocycles. The van der Waals surface area contributed by atoms with Crippen molar-refractivity contribution >= 4 is 23.0 Å². The van der Waals surface area contributed by atoms with E-state index in [1.54, 1.807) is 6.07 Å². The molecule has 3 nitrogen and oxygen atoms in total. The van der Waals surface area contributed by atoms with Gasteiger partial charge in [-0.1, -0.05) is 29.8 Å². The molecule has 2 aromatic rings. The molecule has 2 rings (SSSR count). The minimum atomic E-state index is 0.560. The third-order valence-electron chi connectivity index (χ3n) is 2.73. The maximum atomic E-state index is 5.94. The fourth-order valence-corrected chi connectivity index (χ4v) is 1.93. The van der Waals surface area contributed by atoms with Crippen LogP contribution in [0, 0.1) is 6.92 Å². The Morgan fingerprint density at radius 3 is 2.79 bits per heavy atom. The van der Waals surface area contributed by atoms with Crippen molar-refractivity contribution in [3.05, 3.63) is 53.1 Å². The molecule has 0 saturated carbocycles. The van der Waals surface area contributed by atoms with E-state index in [0.29, 0.717) is 23.9 Å². The summed E-state index contributed by atoms with van der Waals surface area (Å²) < 4.78 is 5.64. The van der Waals surface area contributed by atoms with Gasteiger partial charge in [0.1, 0.15) is 12.4 Å². The van der Waals surface area contributed by atoms with E-state index in [1.807, 2.05) is 43.3 Å². The van der Waals surface area contributed by atoms with E-state index in [2.05, 4.69) is 5.32 Å². The van der Waals surface area contributed by atoms with Gasteiger partial charge in [0, 0.05) is 6.54 Å². The Kier molecular flexibility index (Phi) is 4.53. The van der Waals surface area contributed by atoms with E-state index in [4.69, 9.17) is 22.1 Å². The Morgan fingerprint density at radius 1 is 1.21 bits per heavy atom. The maximum Gasteiger partial charge on any atom is 0.119 e. The van der Waals surface area contributed by atoms with Crippen LogP contribution in [0.25, 0.3) is 0 Å².